The quantitative estimate of drug-likeness (QED) is 0.806. The van der Waals surface area contributed by atoms with E-state index >= 15 is 0 Å². The van der Waals surface area contributed by atoms with E-state index in [9.17, 15) is 0 Å². The molecule has 0 aromatic heterocycles. The van der Waals surface area contributed by atoms with E-state index in [1.165, 1.54) is 0 Å². The Hall–Kier alpha value is -2.41. The van der Waals surface area contributed by atoms with Crippen molar-refractivity contribution in [1.82, 2.24) is 5.43 Å². The van der Waals surface area contributed by atoms with Crippen LogP contribution >= 0.6 is 0 Å². The molecule has 4 nitrogen and oxygen atoms in total. The molecule has 1 N–H and O–H groups in total. The number of hydrogen-bond donors (Lipinski definition) is 1. The average molecular weight is 222 g/mol. The molecular formula is C13H10N4. The topological polar surface area (TPSA) is 60.5 Å². The van der Waals surface area contributed by atoms with Gasteiger partial charge in [-0.2, -0.15) is 10.4 Å². The zero-order valence-corrected chi connectivity index (χ0v) is 9.04. The van der Waals surface area contributed by atoms with Crippen LogP contribution in [0.4, 0.5) is 0 Å². The molecule has 0 amide bonds. The first-order chi connectivity index (χ1) is 8.40. The van der Waals surface area contributed by atoms with Crippen LogP contribution in [0.25, 0.3) is 10.8 Å². The third-order valence-electron chi connectivity index (χ3n) is 2.98. The second-order valence-electron chi connectivity index (χ2n) is 3.96. The Morgan fingerprint density at radius 2 is 1.94 bits per heavy atom. The SMILES string of the molecule is N#CC1NN=NC1c1cccc2ccccc12. The van der Waals surface area contributed by atoms with Crippen LogP contribution in [0.3, 0.4) is 0 Å². The van der Waals surface area contributed by atoms with Crippen LogP contribution in [0.15, 0.2) is 52.8 Å². The highest BCUT2D eigenvalue weighted by atomic mass is 15.5. The van der Waals surface area contributed by atoms with E-state index < -0.39 is 0 Å². The van der Waals surface area contributed by atoms with Gasteiger partial charge in [-0.25, -0.2) is 0 Å². The van der Waals surface area contributed by atoms with Crippen molar-refractivity contribution in [2.24, 2.45) is 10.3 Å². The molecule has 3 rings (SSSR count). The lowest BCUT2D eigenvalue weighted by molar-refractivity contribution is 0.633. The summed E-state index contributed by atoms with van der Waals surface area (Å²) in [4.78, 5) is 0. The molecule has 2 aromatic carbocycles. The first-order valence-corrected chi connectivity index (χ1v) is 5.43. The molecule has 4 heteroatoms. The molecule has 2 aromatic rings. The lowest BCUT2D eigenvalue weighted by Gasteiger charge is -2.12. The smallest absolute Gasteiger partial charge is 0.160 e. The Morgan fingerprint density at radius 3 is 2.82 bits per heavy atom. The summed E-state index contributed by atoms with van der Waals surface area (Å²) in [6, 6.07) is 15.7. The van der Waals surface area contributed by atoms with Gasteiger partial charge in [-0.15, -0.1) is 0 Å². The average Bonchev–Trinajstić information content (AvgIpc) is 2.86. The molecule has 17 heavy (non-hydrogen) atoms. The lowest BCUT2D eigenvalue weighted by atomic mass is 9.95. The monoisotopic (exact) mass is 222 g/mol. The summed E-state index contributed by atoms with van der Waals surface area (Å²) in [7, 11) is 0. The van der Waals surface area contributed by atoms with Crippen LogP contribution in [0.2, 0.25) is 0 Å². The summed E-state index contributed by atoms with van der Waals surface area (Å²) in [6.07, 6.45) is 0. The number of rotatable bonds is 1. The number of benzene rings is 2. The molecular weight excluding hydrogens is 212 g/mol. The Kier molecular flexibility index (Phi) is 2.23. The van der Waals surface area contributed by atoms with E-state index in [2.05, 4.69) is 34.0 Å². The van der Waals surface area contributed by atoms with Crippen LogP contribution in [-0.4, -0.2) is 6.04 Å². The fourth-order valence-electron chi connectivity index (χ4n) is 2.14. The van der Waals surface area contributed by atoms with Crippen molar-refractivity contribution in [1.29, 1.82) is 5.26 Å². The van der Waals surface area contributed by atoms with Crippen molar-refractivity contribution < 1.29 is 0 Å². The molecule has 0 aliphatic carbocycles. The fourth-order valence-corrected chi connectivity index (χ4v) is 2.14. The molecule has 1 aliphatic heterocycles. The standard InChI is InChI=1S/C13H10N4/c14-8-12-13(16-17-15-12)11-7-3-5-9-4-1-2-6-10(9)11/h1-7,12-13H,(H,15,16). The molecule has 1 heterocycles. The Labute approximate surface area is 98.6 Å². The zero-order chi connectivity index (χ0) is 11.7. The Bertz CT molecular complexity index is 621. The van der Waals surface area contributed by atoms with Crippen molar-refractivity contribution in [2.45, 2.75) is 12.1 Å². The minimum atomic E-state index is -0.374. The van der Waals surface area contributed by atoms with Crippen molar-refractivity contribution >= 4 is 10.8 Å². The Balaban J connectivity index is 2.18. The van der Waals surface area contributed by atoms with E-state index in [1.54, 1.807) is 0 Å². The maximum absolute atomic E-state index is 9.04. The van der Waals surface area contributed by atoms with Crippen LogP contribution in [0.5, 0.6) is 0 Å². The summed E-state index contributed by atoms with van der Waals surface area (Å²) in [6.45, 7) is 0. The molecule has 0 saturated carbocycles. The molecule has 2 unspecified atom stereocenters. The summed E-state index contributed by atoms with van der Waals surface area (Å²) < 4.78 is 0. The molecule has 0 fully saturated rings. The van der Waals surface area contributed by atoms with Gasteiger partial charge < -0.3 is 0 Å². The van der Waals surface area contributed by atoms with Gasteiger partial charge in [0, 0.05) is 0 Å². The Morgan fingerprint density at radius 1 is 1.12 bits per heavy atom. The van der Waals surface area contributed by atoms with E-state index in [-0.39, 0.29) is 12.1 Å². The van der Waals surface area contributed by atoms with Crippen molar-refractivity contribution in [3.63, 3.8) is 0 Å². The van der Waals surface area contributed by atoms with E-state index in [4.69, 9.17) is 5.26 Å². The van der Waals surface area contributed by atoms with Gasteiger partial charge in [0.25, 0.3) is 0 Å². The van der Waals surface area contributed by atoms with E-state index in [0.29, 0.717) is 0 Å². The van der Waals surface area contributed by atoms with Crippen LogP contribution in [0, 0.1) is 11.3 Å². The number of nitriles is 1. The van der Waals surface area contributed by atoms with Gasteiger partial charge in [0.2, 0.25) is 0 Å². The van der Waals surface area contributed by atoms with Crippen LogP contribution in [0.1, 0.15) is 11.6 Å². The molecule has 0 bridgehead atoms. The zero-order valence-electron chi connectivity index (χ0n) is 9.04. The third kappa shape index (κ3) is 1.53. The third-order valence-corrected chi connectivity index (χ3v) is 2.98. The number of hydrogen-bond acceptors (Lipinski definition) is 4. The minimum absolute atomic E-state index is 0.217. The maximum atomic E-state index is 9.04. The number of nitrogens with one attached hydrogen (secondary N) is 1. The van der Waals surface area contributed by atoms with Gasteiger partial charge in [0.05, 0.1) is 6.07 Å². The normalized spacial score (nSPS) is 22.3. The first-order valence-electron chi connectivity index (χ1n) is 5.43. The largest absolute Gasteiger partial charge is 0.272 e. The molecule has 2 atom stereocenters. The summed E-state index contributed by atoms with van der Waals surface area (Å²) in [5.41, 5.74) is 3.76. The van der Waals surface area contributed by atoms with Gasteiger partial charge in [-0.05, 0) is 16.3 Å². The van der Waals surface area contributed by atoms with Crippen molar-refractivity contribution in [3.05, 3.63) is 48.0 Å². The highest BCUT2D eigenvalue weighted by Gasteiger charge is 2.28. The van der Waals surface area contributed by atoms with E-state index in [0.717, 1.165) is 16.3 Å². The maximum Gasteiger partial charge on any atom is 0.160 e. The lowest BCUT2D eigenvalue weighted by Crippen LogP contribution is -2.23. The predicted octanol–water partition coefficient (Wildman–Crippen LogP) is 2.74. The highest BCUT2D eigenvalue weighted by Crippen LogP contribution is 2.31. The minimum Gasteiger partial charge on any atom is -0.272 e. The summed E-state index contributed by atoms with van der Waals surface area (Å²) >= 11 is 0. The number of fused-ring (bicyclic) bond motifs is 1. The number of nitrogens with zero attached hydrogens (tertiary/aromatic N) is 3. The summed E-state index contributed by atoms with van der Waals surface area (Å²) in [5.74, 6) is 0. The molecule has 1 aliphatic rings. The summed E-state index contributed by atoms with van der Waals surface area (Å²) in [5, 5.41) is 19.2. The second kappa shape index (κ2) is 3.87. The second-order valence-corrected chi connectivity index (χ2v) is 3.96. The van der Waals surface area contributed by atoms with Gasteiger partial charge in [-0.1, -0.05) is 47.7 Å². The van der Waals surface area contributed by atoms with Crippen molar-refractivity contribution in [3.8, 4) is 6.07 Å². The predicted molar refractivity (Wildman–Crippen MR) is 64.1 cm³/mol. The van der Waals surface area contributed by atoms with Gasteiger partial charge in [0.1, 0.15) is 6.04 Å². The molecule has 0 saturated heterocycles. The van der Waals surface area contributed by atoms with Crippen LogP contribution in [-0.2, 0) is 0 Å². The van der Waals surface area contributed by atoms with Crippen LogP contribution < -0.4 is 5.43 Å². The van der Waals surface area contributed by atoms with Gasteiger partial charge in [-0.3, -0.25) is 5.43 Å². The van der Waals surface area contributed by atoms with E-state index in [1.807, 2.05) is 30.3 Å². The molecule has 0 spiro atoms. The van der Waals surface area contributed by atoms with Crippen molar-refractivity contribution in [2.75, 3.05) is 0 Å². The molecule has 0 radical (unpaired) electrons. The van der Waals surface area contributed by atoms with Gasteiger partial charge in [0.15, 0.2) is 6.04 Å². The first kappa shape index (κ1) is 9.79. The molecule has 82 valence electrons. The highest BCUT2D eigenvalue weighted by molar-refractivity contribution is 5.86. The fraction of sp³-hybridized carbons (Fsp3) is 0.154. The van der Waals surface area contributed by atoms with Gasteiger partial charge >= 0.3 is 0 Å².